The Morgan fingerprint density at radius 3 is 2.47 bits per heavy atom. The maximum atomic E-state index is 12.3. The first-order valence-electron chi connectivity index (χ1n) is 5.85. The van der Waals surface area contributed by atoms with Crippen molar-refractivity contribution in [1.82, 2.24) is 15.2 Å². The number of nitrogens with zero attached hydrogens (tertiary/aromatic N) is 2. The molecule has 0 aromatic carbocycles. The molecule has 0 amide bonds. The van der Waals surface area contributed by atoms with Gasteiger partial charge in [-0.05, 0) is 27.2 Å². The van der Waals surface area contributed by atoms with Crippen LogP contribution in [0.5, 0.6) is 0 Å². The second-order valence-corrected chi connectivity index (χ2v) is 7.07. The van der Waals surface area contributed by atoms with E-state index in [0.717, 1.165) is 17.0 Å². The van der Waals surface area contributed by atoms with Crippen LogP contribution >= 0.6 is 11.3 Å². The molecule has 0 aliphatic carbocycles. The molecule has 0 fully saturated rings. The van der Waals surface area contributed by atoms with E-state index in [0.29, 0.717) is 16.5 Å². The van der Waals surface area contributed by atoms with Gasteiger partial charge in [0, 0.05) is 4.88 Å². The van der Waals surface area contributed by atoms with Crippen LogP contribution in [-0.2, 0) is 16.4 Å². The number of aromatic amines is 1. The topological polar surface area (TPSA) is 87.7 Å². The predicted molar refractivity (Wildman–Crippen MR) is 75.1 cm³/mol. The summed E-state index contributed by atoms with van der Waals surface area (Å²) in [5.74, 6) is 0. The van der Waals surface area contributed by atoms with Gasteiger partial charge in [-0.2, -0.15) is 5.10 Å². The number of aryl methyl sites for hydroxylation is 4. The van der Waals surface area contributed by atoms with Gasteiger partial charge in [0.05, 0.1) is 17.1 Å². The molecule has 2 heterocycles. The zero-order chi connectivity index (χ0) is 14.2. The van der Waals surface area contributed by atoms with Crippen LogP contribution in [0.15, 0.2) is 4.90 Å². The summed E-state index contributed by atoms with van der Waals surface area (Å²) < 4.78 is 27.1. The van der Waals surface area contributed by atoms with Crippen molar-refractivity contribution in [2.75, 3.05) is 4.72 Å². The molecule has 19 heavy (non-hydrogen) atoms. The highest BCUT2D eigenvalue weighted by molar-refractivity contribution is 7.93. The lowest BCUT2D eigenvalue weighted by molar-refractivity contribution is 0.600. The highest BCUT2D eigenvalue weighted by Gasteiger charge is 2.23. The maximum absolute atomic E-state index is 12.3. The number of H-pyrrole nitrogens is 1. The molecular formula is C11H16N4O2S2. The minimum atomic E-state index is -3.64. The Hall–Kier alpha value is -1.41. The van der Waals surface area contributed by atoms with E-state index in [1.54, 1.807) is 13.8 Å². The molecule has 104 valence electrons. The molecule has 2 rings (SSSR count). The fourth-order valence-corrected chi connectivity index (χ4v) is 4.41. The van der Waals surface area contributed by atoms with E-state index in [2.05, 4.69) is 19.9 Å². The smallest absolute Gasteiger partial charge is 0.267 e. The molecule has 0 spiro atoms. The molecule has 0 atom stereocenters. The number of rotatable bonds is 4. The van der Waals surface area contributed by atoms with Gasteiger partial charge in [0.15, 0.2) is 5.13 Å². The van der Waals surface area contributed by atoms with Gasteiger partial charge in [-0.25, -0.2) is 13.4 Å². The third-order valence-electron chi connectivity index (χ3n) is 2.78. The molecule has 0 aliphatic heterocycles. The van der Waals surface area contributed by atoms with Crippen LogP contribution in [0.3, 0.4) is 0 Å². The molecular weight excluding hydrogens is 284 g/mol. The maximum Gasteiger partial charge on any atom is 0.267 e. The Bertz CT molecular complexity index is 681. The van der Waals surface area contributed by atoms with Crippen LogP contribution in [0.1, 0.15) is 28.9 Å². The highest BCUT2D eigenvalue weighted by atomic mass is 32.2. The first-order valence-corrected chi connectivity index (χ1v) is 8.15. The number of hydrogen-bond donors (Lipinski definition) is 2. The van der Waals surface area contributed by atoms with Gasteiger partial charge in [-0.15, -0.1) is 11.3 Å². The van der Waals surface area contributed by atoms with Gasteiger partial charge in [0.1, 0.15) is 4.90 Å². The van der Waals surface area contributed by atoms with Gasteiger partial charge in [0.25, 0.3) is 10.0 Å². The van der Waals surface area contributed by atoms with Gasteiger partial charge >= 0.3 is 0 Å². The van der Waals surface area contributed by atoms with Crippen LogP contribution in [-0.4, -0.2) is 23.6 Å². The van der Waals surface area contributed by atoms with E-state index in [4.69, 9.17) is 0 Å². The van der Waals surface area contributed by atoms with Crippen molar-refractivity contribution >= 4 is 26.5 Å². The van der Waals surface area contributed by atoms with Crippen LogP contribution in [0.2, 0.25) is 0 Å². The third-order valence-corrected chi connectivity index (χ3v) is 5.44. The molecule has 0 unspecified atom stereocenters. The summed E-state index contributed by atoms with van der Waals surface area (Å²) in [4.78, 5) is 5.50. The third kappa shape index (κ3) is 2.64. The molecule has 2 N–H and O–H groups in total. The Kier molecular flexibility index (Phi) is 3.64. The standard InChI is InChI=1S/C11H16N4O2S2/c1-5-9-8(4)18-11(12-9)15-19(16,17)10-6(2)13-14-7(10)3/h5H2,1-4H3,(H,12,15)(H,13,14). The second kappa shape index (κ2) is 4.93. The van der Waals surface area contributed by atoms with Crippen molar-refractivity contribution in [2.24, 2.45) is 0 Å². The lowest BCUT2D eigenvalue weighted by Crippen LogP contribution is -2.14. The van der Waals surface area contributed by atoms with Gasteiger partial charge in [-0.1, -0.05) is 6.92 Å². The highest BCUT2D eigenvalue weighted by Crippen LogP contribution is 2.26. The number of thiazole rings is 1. The SMILES string of the molecule is CCc1nc(NS(=O)(=O)c2c(C)n[nH]c2C)sc1C. The largest absolute Gasteiger partial charge is 0.281 e. The van der Waals surface area contributed by atoms with Gasteiger partial charge in [0.2, 0.25) is 0 Å². The average Bonchev–Trinajstić information content (AvgIpc) is 2.81. The van der Waals surface area contributed by atoms with Crippen molar-refractivity contribution in [3.05, 3.63) is 22.0 Å². The Morgan fingerprint density at radius 2 is 2.00 bits per heavy atom. The quantitative estimate of drug-likeness (QED) is 0.905. The summed E-state index contributed by atoms with van der Waals surface area (Å²) in [5, 5.41) is 6.97. The summed E-state index contributed by atoms with van der Waals surface area (Å²) >= 11 is 1.34. The molecule has 0 saturated heterocycles. The Morgan fingerprint density at radius 1 is 1.32 bits per heavy atom. The summed E-state index contributed by atoms with van der Waals surface area (Å²) in [6.07, 6.45) is 0.786. The summed E-state index contributed by atoms with van der Waals surface area (Å²) in [6.45, 7) is 7.26. The first kappa shape index (κ1) is 14.0. The van der Waals surface area contributed by atoms with Crippen LogP contribution < -0.4 is 4.72 Å². The lowest BCUT2D eigenvalue weighted by Gasteiger charge is -2.04. The van der Waals surface area contributed by atoms with E-state index in [1.165, 1.54) is 11.3 Å². The van der Waals surface area contributed by atoms with E-state index < -0.39 is 10.0 Å². The van der Waals surface area contributed by atoms with Crippen molar-refractivity contribution in [3.8, 4) is 0 Å². The Labute approximate surface area is 116 Å². The van der Waals surface area contributed by atoms with Crippen LogP contribution in [0.25, 0.3) is 0 Å². The predicted octanol–water partition coefficient (Wildman–Crippen LogP) is 2.15. The minimum Gasteiger partial charge on any atom is -0.281 e. The second-order valence-electron chi connectivity index (χ2n) is 4.24. The molecule has 0 radical (unpaired) electrons. The average molecular weight is 300 g/mol. The Balaban J connectivity index is 2.36. The van der Waals surface area contributed by atoms with Crippen LogP contribution in [0.4, 0.5) is 5.13 Å². The number of sulfonamides is 1. The van der Waals surface area contributed by atoms with Crippen molar-refractivity contribution in [1.29, 1.82) is 0 Å². The van der Waals surface area contributed by atoms with Crippen LogP contribution in [0, 0.1) is 20.8 Å². The fraction of sp³-hybridized carbons (Fsp3) is 0.455. The molecule has 0 bridgehead atoms. The van der Waals surface area contributed by atoms with Gasteiger partial charge < -0.3 is 0 Å². The number of anilines is 1. The molecule has 0 aliphatic rings. The zero-order valence-electron chi connectivity index (χ0n) is 11.2. The van der Waals surface area contributed by atoms with E-state index in [-0.39, 0.29) is 4.90 Å². The first-order chi connectivity index (χ1) is 8.85. The zero-order valence-corrected chi connectivity index (χ0v) is 12.9. The summed E-state index contributed by atoms with van der Waals surface area (Å²) in [5.41, 5.74) is 1.89. The number of hydrogen-bond acceptors (Lipinski definition) is 5. The van der Waals surface area contributed by atoms with E-state index in [9.17, 15) is 8.42 Å². The van der Waals surface area contributed by atoms with Crippen molar-refractivity contribution in [3.63, 3.8) is 0 Å². The van der Waals surface area contributed by atoms with Crippen molar-refractivity contribution < 1.29 is 8.42 Å². The van der Waals surface area contributed by atoms with Crippen molar-refractivity contribution in [2.45, 2.75) is 39.0 Å². The summed E-state index contributed by atoms with van der Waals surface area (Å²) in [6, 6.07) is 0. The molecule has 0 saturated carbocycles. The van der Waals surface area contributed by atoms with E-state index >= 15 is 0 Å². The summed E-state index contributed by atoms with van der Waals surface area (Å²) in [7, 11) is -3.64. The lowest BCUT2D eigenvalue weighted by atomic mass is 10.3. The monoisotopic (exact) mass is 300 g/mol. The molecule has 8 heteroatoms. The minimum absolute atomic E-state index is 0.193. The van der Waals surface area contributed by atoms with E-state index in [1.807, 2.05) is 13.8 Å². The van der Waals surface area contributed by atoms with Gasteiger partial charge in [-0.3, -0.25) is 9.82 Å². The number of nitrogens with one attached hydrogen (secondary N) is 2. The molecule has 2 aromatic heterocycles. The fourth-order valence-electron chi connectivity index (χ4n) is 1.90. The molecule has 2 aromatic rings. The molecule has 6 nitrogen and oxygen atoms in total. The normalized spacial score (nSPS) is 11.8. The number of aromatic nitrogens is 3.